The summed E-state index contributed by atoms with van der Waals surface area (Å²) in [6.07, 6.45) is -4.36. The maximum absolute atomic E-state index is 12.4. The zero-order valence-electron chi connectivity index (χ0n) is 10.9. The largest absolute Gasteiger partial charge is 0.491 e. The van der Waals surface area contributed by atoms with E-state index in [4.69, 9.17) is 14.6 Å². The van der Waals surface area contributed by atoms with Crippen LogP contribution in [0, 0.1) is 0 Å². The minimum Gasteiger partial charge on any atom is -0.491 e. The van der Waals surface area contributed by atoms with Gasteiger partial charge in [0.15, 0.2) is 0 Å². The first-order chi connectivity index (χ1) is 9.99. The van der Waals surface area contributed by atoms with Crippen molar-refractivity contribution in [3.63, 3.8) is 0 Å². The highest BCUT2D eigenvalue weighted by Gasteiger charge is 2.30. The first-order valence-electron chi connectivity index (χ1n) is 6.18. The SMILES string of the molecule is OCCOc1ccc(Oc2ccc(C(F)(F)F)cc2)cc1. The average molecular weight is 298 g/mol. The number of ether oxygens (including phenoxy) is 2. The van der Waals surface area contributed by atoms with Crippen LogP contribution in [0.3, 0.4) is 0 Å². The molecule has 6 heteroatoms. The number of hydrogen-bond acceptors (Lipinski definition) is 3. The third-order valence-electron chi connectivity index (χ3n) is 2.60. The molecule has 0 bridgehead atoms. The maximum atomic E-state index is 12.4. The molecule has 0 aromatic heterocycles. The molecule has 1 N–H and O–H groups in total. The standard InChI is InChI=1S/C15H13F3O3/c16-15(17,18)11-1-3-13(4-2-11)21-14-7-5-12(6-8-14)20-10-9-19/h1-8,19H,9-10H2. The second-order valence-electron chi connectivity index (χ2n) is 4.17. The number of alkyl halides is 3. The van der Waals surface area contributed by atoms with Gasteiger partial charge in [0.1, 0.15) is 23.9 Å². The molecule has 2 aromatic carbocycles. The van der Waals surface area contributed by atoms with Crippen molar-refractivity contribution in [3.05, 3.63) is 54.1 Å². The van der Waals surface area contributed by atoms with Crippen molar-refractivity contribution >= 4 is 0 Å². The Bertz CT molecular complexity index is 562. The molecule has 0 radical (unpaired) electrons. The zero-order chi connectivity index (χ0) is 15.3. The third-order valence-corrected chi connectivity index (χ3v) is 2.60. The molecule has 112 valence electrons. The van der Waals surface area contributed by atoms with Crippen LogP contribution in [0.2, 0.25) is 0 Å². The Morgan fingerprint density at radius 3 is 1.76 bits per heavy atom. The maximum Gasteiger partial charge on any atom is 0.416 e. The van der Waals surface area contributed by atoms with Gasteiger partial charge < -0.3 is 14.6 Å². The fraction of sp³-hybridized carbons (Fsp3) is 0.200. The first kappa shape index (κ1) is 15.2. The summed E-state index contributed by atoms with van der Waals surface area (Å²) in [7, 11) is 0. The number of aliphatic hydroxyl groups excluding tert-OH is 1. The van der Waals surface area contributed by atoms with Crippen molar-refractivity contribution in [3.8, 4) is 17.2 Å². The summed E-state index contributed by atoms with van der Waals surface area (Å²) in [5.41, 5.74) is -0.720. The van der Waals surface area contributed by atoms with Crippen LogP contribution in [0.15, 0.2) is 48.5 Å². The van der Waals surface area contributed by atoms with E-state index in [2.05, 4.69) is 0 Å². The molecule has 0 amide bonds. The lowest BCUT2D eigenvalue weighted by atomic mass is 10.2. The Morgan fingerprint density at radius 2 is 1.29 bits per heavy atom. The quantitative estimate of drug-likeness (QED) is 0.910. The van der Waals surface area contributed by atoms with Crippen molar-refractivity contribution in [1.29, 1.82) is 0 Å². The van der Waals surface area contributed by atoms with Gasteiger partial charge in [0, 0.05) is 0 Å². The first-order valence-corrected chi connectivity index (χ1v) is 6.18. The average Bonchev–Trinajstić information content (AvgIpc) is 2.46. The molecule has 0 aliphatic carbocycles. The minimum atomic E-state index is -4.36. The van der Waals surface area contributed by atoms with Crippen LogP contribution in [0.4, 0.5) is 13.2 Å². The van der Waals surface area contributed by atoms with Crippen LogP contribution in [0.5, 0.6) is 17.2 Å². The summed E-state index contributed by atoms with van der Waals surface area (Å²) < 4.78 is 47.9. The predicted octanol–water partition coefficient (Wildman–Crippen LogP) is 3.87. The van der Waals surface area contributed by atoms with Crippen molar-refractivity contribution in [2.45, 2.75) is 6.18 Å². The van der Waals surface area contributed by atoms with E-state index in [-0.39, 0.29) is 13.2 Å². The summed E-state index contributed by atoms with van der Waals surface area (Å²) in [5, 5.41) is 8.63. The van der Waals surface area contributed by atoms with Gasteiger partial charge in [-0.3, -0.25) is 0 Å². The van der Waals surface area contributed by atoms with E-state index in [0.29, 0.717) is 17.2 Å². The lowest BCUT2D eigenvalue weighted by molar-refractivity contribution is -0.137. The van der Waals surface area contributed by atoms with Crippen LogP contribution >= 0.6 is 0 Å². The molecule has 0 spiro atoms. The Morgan fingerprint density at radius 1 is 0.810 bits per heavy atom. The second kappa shape index (κ2) is 6.49. The molecule has 2 aromatic rings. The van der Waals surface area contributed by atoms with Crippen molar-refractivity contribution in [2.75, 3.05) is 13.2 Å². The molecule has 0 saturated heterocycles. The number of aliphatic hydroxyl groups is 1. The van der Waals surface area contributed by atoms with Crippen LogP contribution in [0.25, 0.3) is 0 Å². The van der Waals surface area contributed by atoms with Gasteiger partial charge in [-0.05, 0) is 48.5 Å². The van der Waals surface area contributed by atoms with E-state index >= 15 is 0 Å². The van der Waals surface area contributed by atoms with Gasteiger partial charge in [-0.15, -0.1) is 0 Å². The number of rotatable bonds is 5. The van der Waals surface area contributed by atoms with Crippen LogP contribution in [0.1, 0.15) is 5.56 Å². The van der Waals surface area contributed by atoms with Gasteiger partial charge in [-0.1, -0.05) is 0 Å². The molecule has 0 unspecified atom stereocenters. The Kier molecular flexibility index (Phi) is 4.70. The molecular formula is C15H13F3O3. The number of hydrogen-bond donors (Lipinski definition) is 1. The number of halogens is 3. The summed E-state index contributed by atoms with van der Waals surface area (Å²) >= 11 is 0. The Balaban J connectivity index is 2.01. The topological polar surface area (TPSA) is 38.7 Å². The summed E-state index contributed by atoms with van der Waals surface area (Å²) in [6, 6.07) is 11.0. The van der Waals surface area contributed by atoms with Crippen LogP contribution < -0.4 is 9.47 Å². The molecule has 2 rings (SSSR count). The Labute approximate surface area is 119 Å². The van der Waals surface area contributed by atoms with Crippen molar-refractivity contribution < 1.29 is 27.8 Å². The summed E-state index contributed by atoms with van der Waals surface area (Å²) in [4.78, 5) is 0. The minimum absolute atomic E-state index is 0.0796. The van der Waals surface area contributed by atoms with Crippen LogP contribution in [-0.4, -0.2) is 18.3 Å². The van der Waals surface area contributed by atoms with Gasteiger partial charge in [0.25, 0.3) is 0 Å². The van der Waals surface area contributed by atoms with Gasteiger partial charge in [0.2, 0.25) is 0 Å². The molecule has 0 heterocycles. The molecular weight excluding hydrogens is 285 g/mol. The molecule has 21 heavy (non-hydrogen) atoms. The smallest absolute Gasteiger partial charge is 0.416 e. The zero-order valence-corrected chi connectivity index (χ0v) is 10.9. The van der Waals surface area contributed by atoms with Crippen molar-refractivity contribution in [1.82, 2.24) is 0 Å². The lowest BCUT2D eigenvalue weighted by Crippen LogP contribution is -2.04. The van der Waals surface area contributed by atoms with Gasteiger partial charge >= 0.3 is 6.18 Å². The molecule has 0 aliphatic heterocycles. The van der Waals surface area contributed by atoms with Gasteiger partial charge in [-0.25, -0.2) is 0 Å². The monoisotopic (exact) mass is 298 g/mol. The van der Waals surface area contributed by atoms with E-state index in [1.54, 1.807) is 24.3 Å². The predicted molar refractivity (Wildman–Crippen MR) is 70.5 cm³/mol. The van der Waals surface area contributed by atoms with Crippen molar-refractivity contribution in [2.24, 2.45) is 0 Å². The molecule has 0 saturated carbocycles. The highest BCUT2D eigenvalue weighted by atomic mass is 19.4. The highest BCUT2D eigenvalue weighted by molar-refractivity contribution is 5.36. The summed E-state index contributed by atoms with van der Waals surface area (Å²) in [5.74, 6) is 1.36. The third kappa shape index (κ3) is 4.39. The Hall–Kier alpha value is -2.21. The fourth-order valence-electron chi connectivity index (χ4n) is 1.62. The highest BCUT2D eigenvalue weighted by Crippen LogP contribution is 2.31. The van der Waals surface area contributed by atoms with E-state index < -0.39 is 11.7 Å². The summed E-state index contributed by atoms with van der Waals surface area (Å²) in [6.45, 7) is 0.114. The van der Waals surface area contributed by atoms with E-state index in [9.17, 15) is 13.2 Å². The van der Waals surface area contributed by atoms with E-state index in [1.807, 2.05) is 0 Å². The molecule has 0 aliphatic rings. The molecule has 3 nitrogen and oxygen atoms in total. The fourth-order valence-corrected chi connectivity index (χ4v) is 1.62. The second-order valence-corrected chi connectivity index (χ2v) is 4.17. The molecule has 0 atom stereocenters. The normalized spacial score (nSPS) is 11.2. The van der Waals surface area contributed by atoms with Crippen LogP contribution in [-0.2, 0) is 6.18 Å². The lowest BCUT2D eigenvalue weighted by Gasteiger charge is -2.09. The van der Waals surface area contributed by atoms with E-state index in [1.165, 1.54) is 12.1 Å². The van der Waals surface area contributed by atoms with Gasteiger partial charge in [-0.2, -0.15) is 13.2 Å². The van der Waals surface area contributed by atoms with Gasteiger partial charge in [0.05, 0.1) is 12.2 Å². The van der Waals surface area contributed by atoms with E-state index in [0.717, 1.165) is 12.1 Å². The number of benzene rings is 2. The molecule has 0 fully saturated rings.